The number of hydrogen-bond acceptors (Lipinski definition) is 5. The summed E-state index contributed by atoms with van der Waals surface area (Å²) >= 11 is 8.15. The fourth-order valence-electron chi connectivity index (χ4n) is 4.64. The Labute approximate surface area is 234 Å². The number of amides is 1. The van der Waals surface area contributed by atoms with Crippen LogP contribution in [0, 0.1) is 0 Å². The van der Waals surface area contributed by atoms with E-state index in [-0.39, 0.29) is 24.2 Å². The summed E-state index contributed by atoms with van der Waals surface area (Å²) in [6.45, 7) is 6.51. The molecule has 3 aromatic carbocycles. The Hall–Kier alpha value is -2.51. The van der Waals surface area contributed by atoms with Crippen molar-refractivity contribution in [2.45, 2.75) is 69.3 Å². The Morgan fingerprint density at radius 3 is 2.63 bits per heavy atom. The fraction of sp³-hybridized carbons (Fsp3) is 0.387. The smallest absolute Gasteiger partial charge is 0.252 e. The summed E-state index contributed by atoms with van der Waals surface area (Å²) in [5.74, 6) is 1.42. The third-order valence-electron chi connectivity index (χ3n) is 6.42. The molecule has 0 aliphatic carbocycles. The van der Waals surface area contributed by atoms with Crippen molar-refractivity contribution < 1.29 is 19.4 Å². The molecule has 1 heterocycles. The van der Waals surface area contributed by atoms with Gasteiger partial charge in [-0.25, -0.2) is 0 Å². The number of hydrogen-bond donors (Lipinski definition) is 2. The number of aliphatic hydroxyl groups is 1. The van der Waals surface area contributed by atoms with Crippen molar-refractivity contribution in [1.82, 2.24) is 5.32 Å². The van der Waals surface area contributed by atoms with E-state index in [1.165, 1.54) is 0 Å². The Bertz CT molecular complexity index is 1220. The number of benzene rings is 3. The average molecular weight is 554 g/mol. The molecule has 1 aliphatic rings. The molecule has 4 rings (SSSR count). The Kier molecular flexibility index (Phi) is 10.1. The van der Waals surface area contributed by atoms with Crippen LogP contribution < -0.4 is 10.1 Å². The Morgan fingerprint density at radius 1 is 1.13 bits per heavy atom. The van der Waals surface area contributed by atoms with Crippen molar-refractivity contribution in [2.24, 2.45) is 0 Å². The molecule has 3 atom stereocenters. The van der Waals surface area contributed by atoms with Gasteiger partial charge in [0.1, 0.15) is 5.75 Å². The van der Waals surface area contributed by atoms with E-state index in [9.17, 15) is 9.90 Å². The van der Waals surface area contributed by atoms with Crippen molar-refractivity contribution in [3.63, 3.8) is 0 Å². The van der Waals surface area contributed by atoms with Gasteiger partial charge in [-0.1, -0.05) is 48.0 Å². The molecule has 202 valence electrons. The lowest BCUT2D eigenvalue weighted by Crippen LogP contribution is -2.33. The molecule has 3 aromatic rings. The van der Waals surface area contributed by atoms with E-state index < -0.39 is 6.10 Å². The second-order valence-electron chi connectivity index (χ2n) is 9.91. The lowest BCUT2D eigenvalue weighted by atomic mass is 9.94. The first-order valence-electron chi connectivity index (χ1n) is 13.2. The van der Waals surface area contributed by atoms with Gasteiger partial charge in [-0.15, -0.1) is 11.8 Å². The molecule has 0 bridgehead atoms. The second-order valence-corrected chi connectivity index (χ2v) is 11.4. The van der Waals surface area contributed by atoms with Crippen LogP contribution in [0.2, 0.25) is 5.02 Å². The summed E-state index contributed by atoms with van der Waals surface area (Å²) in [5, 5.41) is 14.4. The van der Waals surface area contributed by atoms with E-state index in [0.717, 1.165) is 27.3 Å². The van der Waals surface area contributed by atoms with E-state index >= 15 is 0 Å². The zero-order valence-electron chi connectivity index (χ0n) is 22.2. The Balaban J connectivity index is 1.43. The van der Waals surface area contributed by atoms with Crippen LogP contribution in [0.15, 0.2) is 71.6 Å². The zero-order chi connectivity index (χ0) is 27.1. The van der Waals surface area contributed by atoms with Gasteiger partial charge in [0.15, 0.2) is 0 Å². The van der Waals surface area contributed by atoms with Crippen LogP contribution in [0.1, 0.15) is 66.8 Å². The molecule has 0 aromatic heterocycles. The standard InChI is InChI=1S/C31H36ClNO4S/c1-4-36-25-12-9-21(10-13-25)15-23-16-22(11-14-28(23)32)29-18-24(34)17-26(37-29)19-38-30-8-6-5-7-27(30)31(35)33-20(2)3/h5-14,16,20,24,26,29,34H,4,15,17-19H2,1-3H3,(H,33,35)/t24-,26-,29+/m0/s1. The molecular weight excluding hydrogens is 518 g/mol. The van der Waals surface area contributed by atoms with E-state index in [0.29, 0.717) is 42.2 Å². The summed E-state index contributed by atoms with van der Waals surface area (Å²) in [5.41, 5.74) is 3.84. The molecule has 38 heavy (non-hydrogen) atoms. The van der Waals surface area contributed by atoms with Gasteiger partial charge in [0.25, 0.3) is 5.91 Å². The third-order valence-corrected chi connectivity index (χ3v) is 8.00. The predicted molar refractivity (Wildman–Crippen MR) is 154 cm³/mol. The van der Waals surface area contributed by atoms with E-state index in [1.807, 2.05) is 69.3 Å². The first-order valence-corrected chi connectivity index (χ1v) is 14.5. The number of carbonyl (C=O) groups excluding carboxylic acids is 1. The minimum absolute atomic E-state index is 0.0665. The monoisotopic (exact) mass is 553 g/mol. The predicted octanol–water partition coefficient (Wildman–Crippen LogP) is 6.84. The minimum Gasteiger partial charge on any atom is -0.494 e. The molecule has 1 saturated heterocycles. The van der Waals surface area contributed by atoms with Gasteiger partial charge in [0, 0.05) is 34.6 Å². The van der Waals surface area contributed by atoms with Crippen molar-refractivity contribution in [3.05, 3.63) is 94.0 Å². The number of ether oxygens (including phenoxy) is 2. The molecule has 2 N–H and O–H groups in total. The minimum atomic E-state index is -0.455. The summed E-state index contributed by atoms with van der Waals surface area (Å²) in [7, 11) is 0. The molecule has 0 spiro atoms. The van der Waals surface area contributed by atoms with Gasteiger partial charge in [0.05, 0.1) is 30.5 Å². The van der Waals surface area contributed by atoms with Crippen LogP contribution in [-0.4, -0.2) is 41.6 Å². The molecule has 0 radical (unpaired) electrons. The highest BCUT2D eigenvalue weighted by Gasteiger charge is 2.30. The highest BCUT2D eigenvalue weighted by Crippen LogP contribution is 2.36. The first kappa shape index (κ1) is 28.5. The van der Waals surface area contributed by atoms with Gasteiger partial charge in [-0.2, -0.15) is 0 Å². The largest absolute Gasteiger partial charge is 0.494 e. The molecule has 0 saturated carbocycles. The number of carbonyl (C=O) groups is 1. The topological polar surface area (TPSA) is 67.8 Å². The second kappa shape index (κ2) is 13.5. The van der Waals surface area contributed by atoms with Crippen molar-refractivity contribution >= 4 is 29.3 Å². The number of thioether (sulfide) groups is 1. The van der Waals surface area contributed by atoms with Gasteiger partial charge in [-0.05, 0) is 74.2 Å². The van der Waals surface area contributed by atoms with Crippen LogP contribution in [0.25, 0.3) is 0 Å². The van der Waals surface area contributed by atoms with E-state index in [4.69, 9.17) is 21.1 Å². The van der Waals surface area contributed by atoms with Crippen molar-refractivity contribution in [1.29, 1.82) is 0 Å². The molecule has 1 fully saturated rings. The first-order chi connectivity index (χ1) is 18.3. The van der Waals surface area contributed by atoms with Gasteiger partial charge in [0.2, 0.25) is 0 Å². The summed E-state index contributed by atoms with van der Waals surface area (Å²) in [6.07, 6.45) is 0.988. The maximum Gasteiger partial charge on any atom is 0.252 e. The van der Waals surface area contributed by atoms with Crippen LogP contribution in [0.5, 0.6) is 5.75 Å². The van der Waals surface area contributed by atoms with E-state index in [2.05, 4.69) is 23.5 Å². The van der Waals surface area contributed by atoms with Crippen LogP contribution in [0.4, 0.5) is 0 Å². The lowest BCUT2D eigenvalue weighted by Gasteiger charge is -2.33. The van der Waals surface area contributed by atoms with Crippen LogP contribution >= 0.6 is 23.4 Å². The maximum atomic E-state index is 12.6. The summed E-state index contributed by atoms with van der Waals surface area (Å²) in [4.78, 5) is 13.6. The quantitative estimate of drug-likeness (QED) is 0.269. The molecule has 7 heteroatoms. The summed E-state index contributed by atoms with van der Waals surface area (Å²) < 4.78 is 12.0. The number of nitrogens with one attached hydrogen (secondary N) is 1. The van der Waals surface area contributed by atoms with Crippen LogP contribution in [0.3, 0.4) is 0 Å². The molecule has 1 aliphatic heterocycles. The van der Waals surface area contributed by atoms with Gasteiger partial charge in [-0.3, -0.25) is 4.79 Å². The molecular formula is C31H36ClNO4S. The van der Waals surface area contributed by atoms with Crippen molar-refractivity contribution in [2.75, 3.05) is 12.4 Å². The SMILES string of the molecule is CCOc1ccc(Cc2cc([C@H]3C[C@@H](O)C[C@@H](CSc4ccccc4C(=O)NC(C)C)O3)ccc2Cl)cc1. The van der Waals surface area contributed by atoms with Crippen LogP contribution in [-0.2, 0) is 11.2 Å². The third kappa shape index (κ3) is 7.76. The fourth-order valence-corrected chi connectivity index (χ4v) is 5.89. The molecule has 1 amide bonds. The maximum absolute atomic E-state index is 12.6. The summed E-state index contributed by atoms with van der Waals surface area (Å²) in [6, 6.07) is 21.8. The molecule has 5 nitrogen and oxygen atoms in total. The van der Waals surface area contributed by atoms with Gasteiger partial charge >= 0.3 is 0 Å². The average Bonchev–Trinajstić information content (AvgIpc) is 2.89. The number of aliphatic hydroxyl groups excluding tert-OH is 1. The van der Waals surface area contributed by atoms with Crippen molar-refractivity contribution in [3.8, 4) is 5.75 Å². The van der Waals surface area contributed by atoms with E-state index in [1.54, 1.807) is 11.8 Å². The number of halogens is 1. The number of rotatable bonds is 10. The highest BCUT2D eigenvalue weighted by atomic mass is 35.5. The highest BCUT2D eigenvalue weighted by molar-refractivity contribution is 7.99. The lowest BCUT2D eigenvalue weighted by molar-refractivity contribution is -0.0875. The zero-order valence-corrected chi connectivity index (χ0v) is 23.7. The normalized spacial score (nSPS) is 19.4. The van der Waals surface area contributed by atoms with Gasteiger partial charge < -0.3 is 19.9 Å². The Morgan fingerprint density at radius 2 is 1.89 bits per heavy atom. The molecule has 0 unspecified atom stereocenters.